The monoisotopic (exact) mass is 290 g/mol. The standard InChI is InChI=1S/C16H19ClN2O/c1-2-3-10-20-15-7-4-13(5-8-15)11-18-14-6-9-16(17)19-12-14/h4-9,12,18H,2-3,10-11H2,1H3. The van der Waals surface area contributed by atoms with Crippen molar-refractivity contribution in [3.63, 3.8) is 0 Å². The number of hydrogen-bond acceptors (Lipinski definition) is 3. The number of ether oxygens (including phenoxy) is 1. The van der Waals surface area contributed by atoms with E-state index in [-0.39, 0.29) is 0 Å². The van der Waals surface area contributed by atoms with Crippen molar-refractivity contribution in [2.75, 3.05) is 11.9 Å². The van der Waals surface area contributed by atoms with E-state index in [9.17, 15) is 0 Å². The maximum absolute atomic E-state index is 5.75. The molecule has 2 rings (SSSR count). The molecule has 2 aromatic rings. The van der Waals surface area contributed by atoms with Gasteiger partial charge in [-0.3, -0.25) is 0 Å². The zero-order valence-electron chi connectivity index (χ0n) is 11.6. The molecule has 0 aliphatic heterocycles. The fraction of sp³-hybridized carbons (Fsp3) is 0.312. The molecule has 106 valence electrons. The summed E-state index contributed by atoms with van der Waals surface area (Å²) in [7, 11) is 0. The highest BCUT2D eigenvalue weighted by molar-refractivity contribution is 6.29. The number of pyridine rings is 1. The molecule has 0 bridgehead atoms. The van der Waals surface area contributed by atoms with Crippen molar-refractivity contribution in [1.29, 1.82) is 0 Å². The Bertz CT molecular complexity index is 511. The van der Waals surface area contributed by atoms with Crippen LogP contribution in [0.1, 0.15) is 25.3 Å². The summed E-state index contributed by atoms with van der Waals surface area (Å²) in [5.74, 6) is 0.926. The van der Waals surface area contributed by atoms with E-state index >= 15 is 0 Å². The highest BCUT2D eigenvalue weighted by atomic mass is 35.5. The Morgan fingerprint density at radius 1 is 1.15 bits per heavy atom. The third kappa shape index (κ3) is 4.74. The molecule has 0 spiro atoms. The number of anilines is 1. The Kier molecular flexibility index (Phi) is 5.69. The molecule has 4 heteroatoms. The lowest BCUT2D eigenvalue weighted by Gasteiger charge is -2.08. The van der Waals surface area contributed by atoms with Crippen molar-refractivity contribution in [2.24, 2.45) is 0 Å². The number of unbranched alkanes of at least 4 members (excludes halogenated alkanes) is 1. The first-order chi connectivity index (χ1) is 9.78. The van der Waals surface area contributed by atoms with E-state index in [0.717, 1.165) is 37.4 Å². The van der Waals surface area contributed by atoms with Crippen molar-refractivity contribution < 1.29 is 4.74 Å². The number of aromatic nitrogens is 1. The summed E-state index contributed by atoms with van der Waals surface area (Å²) in [5, 5.41) is 3.80. The molecule has 0 saturated carbocycles. The molecule has 1 aromatic heterocycles. The van der Waals surface area contributed by atoms with Crippen LogP contribution in [-0.4, -0.2) is 11.6 Å². The van der Waals surface area contributed by atoms with Gasteiger partial charge in [-0.15, -0.1) is 0 Å². The largest absolute Gasteiger partial charge is 0.494 e. The predicted octanol–water partition coefficient (Wildman–Crippen LogP) is 4.53. The van der Waals surface area contributed by atoms with Gasteiger partial charge in [0.15, 0.2) is 0 Å². The minimum Gasteiger partial charge on any atom is -0.494 e. The third-order valence-corrected chi connectivity index (χ3v) is 3.14. The number of halogens is 1. The number of hydrogen-bond donors (Lipinski definition) is 1. The van der Waals surface area contributed by atoms with Crippen LogP contribution in [-0.2, 0) is 6.54 Å². The average Bonchev–Trinajstić information content (AvgIpc) is 2.48. The fourth-order valence-electron chi connectivity index (χ4n) is 1.72. The van der Waals surface area contributed by atoms with Gasteiger partial charge in [-0.1, -0.05) is 37.1 Å². The molecule has 3 nitrogen and oxygen atoms in total. The molecular weight excluding hydrogens is 272 g/mol. The van der Waals surface area contributed by atoms with Crippen LogP contribution in [0.4, 0.5) is 5.69 Å². The van der Waals surface area contributed by atoms with Gasteiger partial charge in [0.05, 0.1) is 18.5 Å². The van der Waals surface area contributed by atoms with Crippen molar-refractivity contribution in [3.8, 4) is 5.75 Å². The topological polar surface area (TPSA) is 34.1 Å². The molecule has 0 aliphatic rings. The molecule has 0 aliphatic carbocycles. The minimum atomic E-state index is 0.504. The SMILES string of the molecule is CCCCOc1ccc(CNc2ccc(Cl)nc2)cc1. The molecule has 0 unspecified atom stereocenters. The van der Waals surface area contributed by atoms with Crippen LogP contribution in [0.15, 0.2) is 42.6 Å². The molecule has 0 fully saturated rings. The summed E-state index contributed by atoms with van der Waals surface area (Å²) < 4.78 is 5.63. The average molecular weight is 291 g/mol. The van der Waals surface area contributed by atoms with E-state index in [1.807, 2.05) is 18.2 Å². The highest BCUT2D eigenvalue weighted by Gasteiger charge is 1.97. The van der Waals surface area contributed by atoms with Crippen LogP contribution in [0, 0.1) is 0 Å². The van der Waals surface area contributed by atoms with Gasteiger partial charge in [-0.25, -0.2) is 4.98 Å². The Morgan fingerprint density at radius 2 is 1.95 bits per heavy atom. The molecule has 0 amide bonds. The van der Waals surface area contributed by atoms with E-state index in [1.54, 1.807) is 12.3 Å². The van der Waals surface area contributed by atoms with Crippen LogP contribution in [0.25, 0.3) is 0 Å². The van der Waals surface area contributed by atoms with Crippen LogP contribution in [0.2, 0.25) is 5.15 Å². The predicted molar refractivity (Wildman–Crippen MR) is 83.4 cm³/mol. The Morgan fingerprint density at radius 3 is 2.60 bits per heavy atom. The summed E-state index contributed by atoms with van der Waals surface area (Å²) in [6, 6.07) is 11.8. The van der Waals surface area contributed by atoms with Crippen LogP contribution < -0.4 is 10.1 Å². The molecule has 0 atom stereocenters. The van der Waals surface area contributed by atoms with Gasteiger partial charge in [0.1, 0.15) is 10.9 Å². The van der Waals surface area contributed by atoms with Gasteiger partial charge in [0.25, 0.3) is 0 Å². The first kappa shape index (κ1) is 14.7. The highest BCUT2D eigenvalue weighted by Crippen LogP contribution is 2.15. The molecule has 1 heterocycles. The van der Waals surface area contributed by atoms with Gasteiger partial charge in [-0.05, 0) is 36.2 Å². The number of benzene rings is 1. The van der Waals surface area contributed by atoms with Crippen molar-refractivity contribution in [3.05, 3.63) is 53.3 Å². The summed E-state index contributed by atoms with van der Waals surface area (Å²) in [4.78, 5) is 4.03. The molecule has 1 N–H and O–H groups in total. The lowest BCUT2D eigenvalue weighted by Crippen LogP contribution is -2.00. The van der Waals surface area contributed by atoms with E-state index in [0.29, 0.717) is 5.15 Å². The Balaban J connectivity index is 1.82. The zero-order valence-corrected chi connectivity index (χ0v) is 12.4. The Hall–Kier alpha value is -1.74. The Labute approximate surface area is 124 Å². The maximum Gasteiger partial charge on any atom is 0.129 e. The lowest BCUT2D eigenvalue weighted by molar-refractivity contribution is 0.309. The second-order valence-electron chi connectivity index (χ2n) is 4.57. The van der Waals surface area contributed by atoms with Crippen molar-refractivity contribution >= 4 is 17.3 Å². The van der Waals surface area contributed by atoms with Gasteiger partial charge >= 0.3 is 0 Å². The smallest absolute Gasteiger partial charge is 0.129 e. The van der Waals surface area contributed by atoms with Crippen LogP contribution >= 0.6 is 11.6 Å². The maximum atomic E-state index is 5.75. The molecule has 0 saturated heterocycles. The molecule has 20 heavy (non-hydrogen) atoms. The minimum absolute atomic E-state index is 0.504. The molecule has 1 aromatic carbocycles. The van der Waals surface area contributed by atoms with Crippen LogP contribution in [0.3, 0.4) is 0 Å². The molecule has 0 radical (unpaired) electrons. The van der Waals surface area contributed by atoms with Gasteiger partial charge in [0.2, 0.25) is 0 Å². The van der Waals surface area contributed by atoms with Gasteiger partial charge in [-0.2, -0.15) is 0 Å². The fourth-order valence-corrected chi connectivity index (χ4v) is 1.83. The van der Waals surface area contributed by atoms with Gasteiger partial charge < -0.3 is 10.1 Å². The first-order valence-corrected chi connectivity index (χ1v) is 7.23. The zero-order chi connectivity index (χ0) is 14.2. The quantitative estimate of drug-likeness (QED) is 0.601. The lowest BCUT2D eigenvalue weighted by atomic mass is 10.2. The second-order valence-corrected chi connectivity index (χ2v) is 4.96. The summed E-state index contributed by atoms with van der Waals surface area (Å²) >= 11 is 5.75. The summed E-state index contributed by atoms with van der Waals surface area (Å²) in [6.45, 7) is 3.69. The second kappa shape index (κ2) is 7.75. The third-order valence-electron chi connectivity index (χ3n) is 2.91. The van der Waals surface area contributed by atoms with Crippen molar-refractivity contribution in [2.45, 2.75) is 26.3 Å². The van der Waals surface area contributed by atoms with Gasteiger partial charge in [0, 0.05) is 6.54 Å². The first-order valence-electron chi connectivity index (χ1n) is 6.85. The number of rotatable bonds is 7. The molecular formula is C16H19ClN2O. The summed E-state index contributed by atoms with van der Waals surface area (Å²) in [6.07, 6.45) is 3.97. The van der Waals surface area contributed by atoms with E-state index < -0.39 is 0 Å². The van der Waals surface area contributed by atoms with E-state index in [4.69, 9.17) is 16.3 Å². The number of nitrogens with one attached hydrogen (secondary N) is 1. The van der Waals surface area contributed by atoms with Crippen molar-refractivity contribution in [1.82, 2.24) is 4.98 Å². The normalized spacial score (nSPS) is 10.3. The van der Waals surface area contributed by atoms with E-state index in [2.05, 4.69) is 29.4 Å². The number of nitrogens with zero attached hydrogens (tertiary/aromatic N) is 1. The van der Waals surface area contributed by atoms with Crippen LogP contribution in [0.5, 0.6) is 5.75 Å². The van der Waals surface area contributed by atoms with E-state index in [1.165, 1.54) is 5.56 Å². The summed E-state index contributed by atoms with van der Waals surface area (Å²) in [5.41, 5.74) is 2.15.